The molecule has 0 saturated carbocycles. The van der Waals surface area contributed by atoms with Gasteiger partial charge in [0.15, 0.2) is 0 Å². The van der Waals surface area contributed by atoms with Gasteiger partial charge in [-0.2, -0.15) is 0 Å². The molecule has 0 N–H and O–H groups in total. The van der Waals surface area contributed by atoms with Gasteiger partial charge >= 0.3 is 6.09 Å². The summed E-state index contributed by atoms with van der Waals surface area (Å²) in [7, 11) is 0. The van der Waals surface area contributed by atoms with Crippen LogP contribution in [0.3, 0.4) is 0 Å². The zero-order valence-electron chi connectivity index (χ0n) is 27.1. The molecule has 2 aromatic heterocycles. The lowest BCUT2D eigenvalue weighted by Gasteiger charge is -2.35. The summed E-state index contributed by atoms with van der Waals surface area (Å²) in [5.74, 6) is 1.05. The van der Waals surface area contributed by atoms with E-state index in [0.717, 1.165) is 49.5 Å². The Bertz CT molecular complexity index is 1780. The predicted molar refractivity (Wildman–Crippen MR) is 180 cm³/mol. The fourth-order valence-electron chi connectivity index (χ4n) is 5.96. The molecule has 232 valence electrons. The molecule has 1 fully saturated rings. The van der Waals surface area contributed by atoms with Crippen LogP contribution >= 0.6 is 0 Å². The molecule has 1 aliphatic rings. The summed E-state index contributed by atoms with van der Waals surface area (Å²) >= 11 is 0. The average molecular weight is 602 g/mol. The number of aromatic nitrogens is 3. The highest BCUT2D eigenvalue weighted by Crippen LogP contribution is 2.28. The Balaban J connectivity index is 1.21. The van der Waals surface area contributed by atoms with Crippen molar-refractivity contribution in [3.05, 3.63) is 119 Å². The molecule has 45 heavy (non-hydrogen) atoms. The van der Waals surface area contributed by atoms with Gasteiger partial charge in [0.1, 0.15) is 11.4 Å². The van der Waals surface area contributed by atoms with Crippen molar-refractivity contribution in [2.24, 2.45) is 0 Å². The minimum Gasteiger partial charge on any atom is -0.444 e. The smallest absolute Gasteiger partial charge is 0.410 e. The zero-order valence-corrected chi connectivity index (χ0v) is 27.1. The third-order valence-electron chi connectivity index (χ3n) is 8.49. The first kappa shape index (κ1) is 30.5. The average Bonchev–Trinajstić information content (AvgIpc) is 3.35. The number of ether oxygens (including phenoxy) is 1. The number of hydrogen-bond acceptors (Lipinski definition) is 5. The van der Waals surface area contributed by atoms with Crippen LogP contribution in [-0.4, -0.2) is 62.2 Å². The number of rotatable bonds is 7. The Kier molecular flexibility index (Phi) is 8.72. The van der Waals surface area contributed by atoms with E-state index in [1.54, 1.807) is 0 Å². The number of amides is 1. The van der Waals surface area contributed by atoms with Gasteiger partial charge in [-0.3, -0.25) is 9.88 Å². The van der Waals surface area contributed by atoms with Crippen LogP contribution in [0.15, 0.2) is 85.2 Å². The van der Waals surface area contributed by atoms with Gasteiger partial charge in [-0.1, -0.05) is 54.1 Å². The van der Waals surface area contributed by atoms with E-state index in [2.05, 4.69) is 101 Å². The molecule has 1 aliphatic heterocycles. The molecule has 0 radical (unpaired) electrons. The summed E-state index contributed by atoms with van der Waals surface area (Å²) in [4.78, 5) is 26.0. The molecule has 3 heterocycles. The Morgan fingerprint density at radius 3 is 2.22 bits per heavy atom. The number of pyridine rings is 1. The van der Waals surface area contributed by atoms with E-state index in [0.29, 0.717) is 13.1 Å². The summed E-state index contributed by atoms with van der Waals surface area (Å²) in [6.45, 7) is 14.7. The van der Waals surface area contributed by atoms with E-state index < -0.39 is 5.60 Å². The first-order chi connectivity index (χ1) is 21.6. The van der Waals surface area contributed by atoms with E-state index in [1.165, 1.54) is 38.9 Å². The van der Waals surface area contributed by atoms with Crippen molar-refractivity contribution in [3.8, 4) is 11.1 Å². The van der Waals surface area contributed by atoms with E-state index in [-0.39, 0.29) is 6.09 Å². The molecule has 1 amide bonds. The lowest BCUT2D eigenvalue weighted by atomic mass is 10.0. The summed E-state index contributed by atoms with van der Waals surface area (Å²) in [5.41, 5.74) is 10.4. The summed E-state index contributed by atoms with van der Waals surface area (Å²) in [5, 5.41) is 0. The number of piperazine rings is 1. The van der Waals surface area contributed by atoms with Gasteiger partial charge in [0.05, 0.1) is 11.0 Å². The van der Waals surface area contributed by atoms with Crippen LogP contribution in [0, 0.1) is 13.8 Å². The summed E-state index contributed by atoms with van der Waals surface area (Å²) in [6.07, 6.45) is 4.22. The molecule has 7 heteroatoms. The van der Waals surface area contributed by atoms with Crippen LogP contribution in [0.5, 0.6) is 0 Å². The van der Waals surface area contributed by atoms with E-state index in [1.807, 2.05) is 38.1 Å². The molecule has 1 saturated heterocycles. The van der Waals surface area contributed by atoms with E-state index in [9.17, 15) is 4.79 Å². The van der Waals surface area contributed by atoms with Crippen molar-refractivity contribution < 1.29 is 9.53 Å². The van der Waals surface area contributed by atoms with Gasteiger partial charge in [-0.15, -0.1) is 0 Å². The first-order valence-corrected chi connectivity index (χ1v) is 15.8. The molecule has 5 aromatic rings. The van der Waals surface area contributed by atoms with Crippen LogP contribution in [0.2, 0.25) is 0 Å². The maximum Gasteiger partial charge on any atom is 0.410 e. The fraction of sp³-hybridized carbons (Fsp3) is 0.342. The maximum atomic E-state index is 12.4. The minimum atomic E-state index is -0.470. The summed E-state index contributed by atoms with van der Waals surface area (Å²) < 4.78 is 7.93. The molecule has 0 aliphatic carbocycles. The van der Waals surface area contributed by atoms with Crippen LogP contribution in [0.4, 0.5) is 4.79 Å². The largest absolute Gasteiger partial charge is 0.444 e. The molecule has 0 bridgehead atoms. The number of imidazole rings is 1. The SMILES string of the molecule is Cc1ccc(C)c(Cn2c(Cc3ccncc3)nc3ccc(-c4ccc(CN5CCN(C(=O)OC(C)(C)C)CC5)cc4)cc32)c1. The highest BCUT2D eigenvalue weighted by atomic mass is 16.6. The second-order valence-electron chi connectivity index (χ2n) is 13.2. The van der Waals surface area contributed by atoms with Gasteiger partial charge in [-0.05, 0) is 92.3 Å². The molecular weight excluding hydrogens is 558 g/mol. The van der Waals surface area contributed by atoms with Crippen LogP contribution < -0.4 is 0 Å². The molecule has 0 unspecified atom stereocenters. The van der Waals surface area contributed by atoms with Crippen molar-refractivity contribution in [1.82, 2.24) is 24.3 Å². The lowest BCUT2D eigenvalue weighted by Crippen LogP contribution is -2.49. The second kappa shape index (κ2) is 12.9. The van der Waals surface area contributed by atoms with E-state index >= 15 is 0 Å². The number of carbonyl (C=O) groups excluding carboxylic acids is 1. The minimum absolute atomic E-state index is 0.219. The van der Waals surface area contributed by atoms with Gasteiger partial charge in [0.25, 0.3) is 0 Å². The molecule has 6 rings (SSSR count). The van der Waals surface area contributed by atoms with Crippen LogP contribution in [0.25, 0.3) is 22.2 Å². The van der Waals surface area contributed by atoms with Gasteiger partial charge in [0, 0.05) is 58.1 Å². The van der Waals surface area contributed by atoms with Gasteiger partial charge < -0.3 is 14.2 Å². The quantitative estimate of drug-likeness (QED) is 0.194. The fourth-order valence-corrected chi connectivity index (χ4v) is 5.96. The number of fused-ring (bicyclic) bond motifs is 1. The molecule has 0 atom stereocenters. The van der Waals surface area contributed by atoms with Crippen LogP contribution in [-0.2, 0) is 24.2 Å². The number of hydrogen-bond donors (Lipinski definition) is 0. The van der Waals surface area contributed by atoms with Crippen molar-refractivity contribution in [1.29, 1.82) is 0 Å². The maximum absolute atomic E-state index is 12.4. The third kappa shape index (κ3) is 7.43. The lowest BCUT2D eigenvalue weighted by molar-refractivity contribution is 0.0139. The topological polar surface area (TPSA) is 63.5 Å². The molecule has 3 aromatic carbocycles. The van der Waals surface area contributed by atoms with E-state index in [4.69, 9.17) is 9.72 Å². The Hall–Kier alpha value is -4.49. The monoisotopic (exact) mass is 601 g/mol. The zero-order chi connectivity index (χ0) is 31.6. The van der Waals surface area contributed by atoms with Crippen LogP contribution in [0.1, 0.15) is 54.4 Å². The highest BCUT2D eigenvalue weighted by molar-refractivity contribution is 5.83. The third-order valence-corrected chi connectivity index (χ3v) is 8.49. The number of carbonyl (C=O) groups is 1. The van der Waals surface area contributed by atoms with Crippen molar-refractivity contribution >= 4 is 17.1 Å². The van der Waals surface area contributed by atoms with Gasteiger partial charge in [0.2, 0.25) is 0 Å². The van der Waals surface area contributed by atoms with Gasteiger partial charge in [-0.25, -0.2) is 9.78 Å². The Morgan fingerprint density at radius 2 is 1.51 bits per heavy atom. The van der Waals surface area contributed by atoms with Crippen molar-refractivity contribution in [3.63, 3.8) is 0 Å². The number of nitrogens with zero attached hydrogens (tertiary/aromatic N) is 5. The highest BCUT2D eigenvalue weighted by Gasteiger charge is 2.26. The first-order valence-electron chi connectivity index (χ1n) is 15.8. The second-order valence-corrected chi connectivity index (χ2v) is 13.2. The Labute approximate surface area is 266 Å². The molecule has 7 nitrogen and oxygen atoms in total. The van der Waals surface area contributed by atoms with Crippen molar-refractivity contribution in [2.45, 2.75) is 59.7 Å². The summed E-state index contributed by atoms with van der Waals surface area (Å²) in [6, 6.07) is 26.3. The normalized spacial score (nSPS) is 14.2. The molecular formula is C38H43N5O2. The van der Waals surface area contributed by atoms with Crippen molar-refractivity contribution in [2.75, 3.05) is 26.2 Å². The molecule has 0 spiro atoms. The number of benzene rings is 3. The standard InChI is InChI=1S/C38H43N5O2/c1-27-6-7-28(2)33(22-27)26-43-35-24-32(12-13-34(35)40-36(43)23-29-14-16-39-17-15-29)31-10-8-30(9-11-31)25-41-18-20-42(21-19-41)37(44)45-38(3,4)5/h6-17,22,24H,18-21,23,25-26H2,1-5H3. The Morgan fingerprint density at radius 1 is 0.800 bits per heavy atom. The number of aryl methyl sites for hydroxylation is 2. The predicted octanol–water partition coefficient (Wildman–Crippen LogP) is 7.41.